The number of nitriles is 1. The van der Waals surface area contributed by atoms with Gasteiger partial charge in [-0.05, 0) is 29.5 Å². The zero-order chi connectivity index (χ0) is 18.0. The van der Waals surface area contributed by atoms with Crippen molar-refractivity contribution in [1.29, 1.82) is 5.26 Å². The number of rotatable bonds is 3. The molecule has 0 aliphatic carbocycles. The van der Waals surface area contributed by atoms with E-state index in [1.807, 2.05) is 6.07 Å². The number of nitrogens with zero attached hydrogens (tertiary/aromatic N) is 2. The summed E-state index contributed by atoms with van der Waals surface area (Å²) >= 11 is 0.850. The van der Waals surface area contributed by atoms with Crippen molar-refractivity contribution in [1.82, 2.24) is 0 Å². The van der Waals surface area contributed by atoms with Crippen LogP contribution in [0.15, 0.2) is 46.5 Å². The van der Waals surface area contributed by atoms with Crippen molar-refractivity contribution in [3.8, 4) is 6.07 Å². The van der Waals surface area contributed by atoms with Gasteiger partial charge in [-0.15, -0.1) is 0 Å². The number of allylic oxidation sites excluding steroid dienone is 2. The number of hydrogen-bond acceptors (Lipinski definition) is 6. The third kappa shape index (κ3) is 3.63. The molecule has 126 valence electrons. The Morgan fingerprint density at radius 1 is 1.33 bits per heavy atom. The van der Waals surface area contributed by atoms with E-state index in [2.05, 4.69) is 9.44 Å². The highest BCUT2D eigenvalue weighted by molar-refractivity contribution is 8.17. The molecule has 0 atom stereocenters. The van der Waals surface area contributed by atoms with E-state index in [-0.39, 0.29) is 16.2 Å². The number of halogens is 3. The van der Waals surface area contributed by atoms with Crippen LogP contribution in [0, 0.1) is 18.3 Å². The van der Waals surface area contributed by atoms with Crippen LogP contribution in [0.1, 0.15) is 11.1 Å². The van der Waals surface area contributed by atoms with E-state index in [9.17, 15) is 26.9 Å². The van der Waals surface area contributed by atoms with Gasteiger partial charge in [0.1, 0.15) is 11.1 Å². The molecular weight excluding hydrogens is 365 g/mol. The molecule has 0 saturated carbocycles. The lowest BCUT2D eigenvalue weighted by Gasteiger charge is -2.08. The van der Waals surface area contributed by atoms with E-state index in [1.54, 1.807) is 31.2 Å². The molecule has 1 aromatic carbocycles. The average Bonchev–Trinajstić information content (AvgIpc) is 2.95. The highest BCUT2D eigenvalue weighted by atomic mass is 32.2. The van der Waals surface area contributed by atoms with Gasteiger partial charge in [0.2, 0.25) is 0 Å². The van der Waals surface area contributed by atoms with Crippen molar-refractivity contribution in [3.63, 3.8) is 0 Å². The summed E-state index contributed by atoms with van der Waals surface area (Å²) in [7, 11) is -5.85. The third-order valence-electron chi connectivity index (χ3n) is 2.94. The fourth-order valence-electron chi connectivity index (χ4n) is 1.81. The molecule has 0 unspecified atom stereocenters. The van der Waals surface area contributed by atoms with Crippen molar-refractivity contribution in [2.75, 3.05) is 0 Å². The topological polar surface area (TPSA) is 79.5 Å². The summed E-state index contributed by atoms with van der Waals surface area (Å²) < 4.78 is 62.4. The van der Waals surface area contributed by atoms with Crippen molar-refractivity contribution < 1.29 is 25.9 Å². The Hall–Kier alpha value is -2.25. The monoisotopic (exact) mass is 374 g/mol. The van der Waals surface area contributed by atoms with Crippen LogP contribution in [-0.4, -0.2) is 19.0 Å². The van der Waals surface area contributed by atoms with Crippen LogP contribution in [-0.2, 0) is 14.4 Å². The smallest absolute Gasteiger partial charge is 0.261 e. The van der Waals surface area contributed by atoms with Crippen molar-refractivity contribution in [2.24, 2.45) is 5.16 Å². The molecule has 10 heteroatoms. The molecule has 0 spiro atoms. The molecule has 0 fully saturated rings. The van der Waals surface area contributed by atoms with Crippen molar-refractivity contribution in [2.45, 2.75) is 12.4 Å². The normalized spacial score (nSPS) is 18.5. The summed E-state index contributed by atoms with van der Waals surface area (Å²) in [6.07, 6.45) is 1.46. The van der Waals surface area contributed by atoms with E-state index in [4.69, 9.17) is 0 Å². The fraction of sp³-hybridized carbons (Fsp3) is 0.143. The molecule has 24 heavy (non-hydrogen) atoms. The van der Waals surface area contributed by atoms with Crippen LogP contribution < -0.4 is 0 Å². The number of benzene rings is 1. The average molecular weight is 374 g/mol. The lowest BCUT2D eigenvalue weighted by molar-refractivity contribution is -0.0540. The molecule has 0 saturated heterocycles. The molecule has 0 bridgehead atoms. The van der Waals surface area contributed by atoms with Gasteiger partial charge in [-0.3, -0.25) is 4.28 Å². The Labute approximate surface area is 140 Å². The first-order valence-electron chi connectivity index (χ1n) is 6.29. The Morgan fingerprint density at radius 2 is 2.00 bits per heavy atom. The van der Waals surface area contributed by atoms with Crippen molar-refractivity contribution in [3.05, 3.63) is 52.4 Å². The predicted octanol–water partition coefficient (Wildman–Crippen LogP) is 3.71. The summed E-state index contributed by atoms with van der Waals surface area (Å²) in [6, 6.07) is 8.87. The minimum absolute atomic E-state index is 0.150. The van der Waals surface area contributed by atoms with E-state index in [0.29, 0.717) is 5.56 Å². The van der Waals surface area contributed by atoms with Gasteiger partial charge in [-0.25, -0.2) is 0 Å². The number of thioether (sulfide) groups is 1. The van der Waals surface area contributed by atoms with Gasteiger partial charge in [0, 0.05) is 5.57 Å². The summed E-state index contributed by atoms with van der Waals surface area (Å²) in [5, 5.41) is 13.8. The van der Waals surface area contributed by atoms with E-state index in [0.717, 1.165) is 17.3 Å². The molecular formula is C14H9F3N2O3S2. The van der Waals surface area contributed by atoms with Crippen LogP contribution in [0.2, 0.25) is 0 Å². The van der Waals surface area contributed by atoms with Crippen LogP contribution in [0.25, 0.3) is 5.57 Å². The summed E-state index contributed by atoms with van der Waals surface area (Å²) in [5.41, 5.74) is -3.90. The molecule has 1 heterocycles. The summed E-state index contributed by atoms with van der Waals surface area (Å²) in [6.45, 7) is 1.76. The summed E-state index contributed by atoms with van der Waals surface area (Å²) in [5.74, 6) is 0. The fourth-order valence-corrected chi connectivity index (χ4v) is 2.82. The van der Waals surface area contributed by atoms with Crippen LogP contribution in [0.5, 0.6) is 0 Å². The van der Waals surface area contributed by atoms with Crippen LogP contribution >= 0.6 is 11.8 Å². The van der Waals surface area contributed by atoms with Gasteiger partial charge >= 0.3 is 15.6 Å². The van der Waals surface area contributed by atoms with Gasteiger partial charge in [0.05, 0.1) is 5.57 Å². The van der Waals surface area contributed by atoms with E-state index >= 15 is 0 Å². The zero-order valence-corrected chi connectivity index (χ0v) is 13.7. The number of alkyl halides is 3. The molecule has 0 N–H and O–H groups in total. The van der Waals surface area contributed by atoms with Crippen molar-refractivity contribution >= 4 is 32.5 Å². The standard InChI is InChI=1S/C14H9F3N2O3S2/c1-9-4-2-3-5-10(9)12(8-18)11-6-7-23-13(11)19-22-24(20,21)14(15,16)17/h2-7H,1H3/b12-11+,19-13-. The first kappa shape index (κ1) is 18.1. The maximum atomic E-state index is 12.3. The Balaban J connectivity index is 2.46. The predicted molar refractivity (Wildman–Crippen MR) is 83.9 cm³/mol. The highest BCUT2D eigenvalue weighted by Gasteiger charge is 2.49. The lowest BCUT2D eigenvalue weighted by atomic mass is 9.97. The number of oxime groups is 1. The third-order valence-corrected chi connectivity index (χ3v) is 4.57. The Bertz CT molecular complexity index is 895. The largest absolute Gasteiger partial charge is 0.536 e. The van der Waals surface area contributed by atoms with Gasteiger partial charge < -0.3 is 0 Å². The molecule has 1 aliphatic rings. The van der Waals surface area contributed by atoms with Gasteiger partial charge in [-0.2, -0.15) is 26.9 Å². The second kappa shape index (κ2) is 6.70. The van der Waals surface area contributed by atoms with Gasteiger partial charge in [0.15, 0.2) is 0 Å². The maximum absolute atomic E-state index is 12.3. The first-order chi connectivity index (χ1) is 11.2. The second-order valence-electron chi connectivity index (χ2n) is 4.51. The molecule has 0 aromatic heterocycles. The maximum Gasteiger partial charge on any atom is 0.536 e. The molecule has 1 aromatic rings. The summed E-state index contributed by atoms with van der Waals surface area (Å²) in [4.78, 5) is 0. The molecule has 2 rings (SSSR count). The zero-order valence-electron chi connectivity index (χ0n) is 12.0. The van der Waals surface area contributed by atoms with Crippen LogP contribution in [0.3, 0.4) is 0 Å². The molecule has 1 aliphatic heterocycles. The van der Waals surface area contributed by atoms with Gasteiger partial charge in [0.25, 0.3) is 0 Å². The van der Waals surface area contributed by atoms with E-state index in [1.165, 1.54) is 11.5 Å². The minimum Gasteiger partial charge on any atom is -0.261 e. The highest BCUT2D eigenvalue weighted by Crippen LogP contribution is 2.33. The SMILES string of the molecule is Cc1ccccc1/C(C#N)=C1\C=CS\C1=N/OS(=O)(=O)C(F)(F)F. The number of aryl methyl sites for hydroxylation is 1. The lowest BCUT2D eigenvalue weighted by Crippen LogP contribution is -2.24. The van der Waals surface area contributed by atoms with Gasteiger partial charge in [-0.1, -0.05) is 41.2 Å². The van der Waals surface area contributed by atoms with Crippen LogP contribution in [0.4, 0.5) is 13.2 Å². The van der Waals surface area contributed by atoms with E-state index < -0.39 is 15.6 Å². The Morgan fingerprint density at radius 3 is 2.58 bits per heavy atom. The first-order valence-corrected chi connectivity index (χ1v) is 8.58. The Kier molecular flexibility index (Phi) is 5.05. The molecule has 0 radical (unpaired) electrons. The minimum atomic E-state index is -5.85. The molecule has 5 nitrogen and oxygen atoms in total. The second-order valence-corrected chi connectivity index (χ2v) is 6.92. The number of hydrogen-bond donors (Lipinski definition) is 0. The molecule has 0 amide bonds. The quantitative estimate of drug-likeness (QED) is 0.458.